The second-order valence-corrected chi connectivity index (χ2v) is 3.51. The Hall–Kier alpha value is -1.46. The number of nitrogens with zero attached hydrogens (tertiary/aromatic N) is 1. The Morgan fingerprint density at radius 1 is 1.40 bits per heavy atom. The Balaban J connectivity index is 2.78. The third kappa shape index (κ3) is 3.30. The van der Waals surface area contributed by atoms with Crippen molar-refractivity contribution < 1.29 is 5.11 Å². The van der Waals surface area contributed by atoms with E-state index in [1.807, 2.05) is 25.2 Å². The Labute approximate surface area is 91.5 Å². The van der Waals surface area contributed by atoms with E-state index in [1.165, 1.54) is 5.56 Å². The fourth-order valence-corrected chi connectivity index (χ4v) is 1.57. The zero-order valence-electron chi connectivity index (χ0n) is 9.11. The van der Waals surface area contributed by atoms with Crippen LogP contribution in [0.25, 0.3) is 0 Å². The molecule has 1 rings (SSSR count). The number of aliphatic hydroxyl groups excluding tert-OH is 1. The molecule has 1 aromatic rings. The summed E-state index contributed by atoms with van der Waals surface area (Å²) < 4.78 is 0. The average Bonchev–Trinajstić information content (AvgIpc) is 2.27. The largest absolute Gasteiger partial charge is 0.396 e. The first-order valence-corrected chi connectivity index (χ1v) is 5.13. The fraction of sp³-hybridized carbons (Fsp3) is 0.385. The average molecular weight is 203 g/mol. The Morgan fingerprint density at radius 2 is 2.13 bits per heavy atom. The molecule has 15 heavy (non-hydrogen) atoms. The van der Waals surface area contributed by atoms with Gasteiger partial charge in [0.25, 0.3) is 0 Å². The highest BCUT2D eigenvalue weighted by Gasteiger charge is 2.04. The van der Waals surface area contributed by atoms with Gasteiger partial charge in [0.15, 0.2) is 0 Å². The molecule has 0 fully saturated rings. The van der Waals surface area contributed by atoms with E-state index in [9.17, 15) is 0 Å². The maximum atomic E-state index is 8.78. The smallest absolute Gasteiger partial charge is 0.0447 e. The number of rotatable bonds is 5. The molecule has 0 atom stereocenters. The number of benzene rings is 1. The van der Waals surface area contributed by atoms with Crippen molar-refractivity contribution in [3.63, 3.8) is 0 Å². The van der Waals surface area contributed by atoms with Crippen LogP contribution in [0.4, 0.5) is 5.69 Å². The van der Waals surface area contributed by atoms with Gasteiger partial charge < -0.3 is 10.0 Å². The number of para-hydroxylation sites is 1. The monoisotopic (exact) mass is 203 g/mol. The highest BCUT2D eigenvalue weighted by Crippen LogP contribution is 2.19. The number of hydrogen-bond acceptors (Lipinski definition) is 2. The van der Waals surface area contributed by atoms with Crippen LogP contribution in [0.5, 0.6) is 0 Å². The third-order valence-corrected chi connectivity index (χ3v) is 2.35. The summed E-state index contributed by atoms with van der Waals surface area (Å²) in [5, 5.41) is 8.78. The topological polar surface area (TPSA) is 23.5 Å². The van der Waals surface area contributed by atoms with Crippen LogP contribution in [0.3, 0.4) is 0 Å². The second kappa shape index (κ2) is 6.10. The minimum Gasteiger partial charge on any atom is -0.396 e. The second-order valence-electron chi connectivity index (χ2n) is 3.51. The molecule has 0 aromatic heterocycles. The van der Waals surface area contributed by atoms with Crippen molar-refractivity contribution in [3.8, 4) is 12.3 Å². The molecule has 0 heterocycles. The van der Waals surface area contributed by atoms with Crippen LogP contribution >= 0.6 is 0 Å². The minimum absolute atomic E-state index is 0.224. The molecule has 1 aromatic carbocycles. The van der Waals surface area contributed by atoms with Gasteiger partial charge in [0.1, 0.15) is 0 Å². The van der Waals surface area contributed by atoms with Gasteiger partial charge in [-0.05, 0) is 18.1 Å². The van der Waals surface area contributed by atoms with Crippen molar-refractivity contribution in [3.05, 3.63) is 29.8 Å². The molecule has 0 saturated carbocycles. The van der Waals surface area contributed by atoms with Crippen LogP contribution in [0.2, 0.25) is 0 Å². The molecule has 0 aliphatic rings. The molecule has 0 amide bonds. The van der Waals surface area contributed by atoms with Gasteiger partial charge in [-0.2, -0.15) is 0 Å². The summed E-state index contributed by atoms with van der Waals surface area (Å²) in [5.74, 6) is 2.66. The van der Waals surface area contributed by atoms with Gasteiger partial charge in [-0.3, -0.25) is 0 Å². The van der Waals surface area contributed by atoms with Crippen LogP contribution in [0.15, 0.2) is 24.3 Å². The third-order valence-electron chi connectivity index (χ3n) is 2.35. The van der Waals surface area contributed by atoms with Crippen LogP contribution in [-0.2, 0) is 6.42 Å². The van der Waals surface area contributed by atoms with Gasteiger partial charge in [0, 0.05) is 32.3 Å². The first kappa shape index (κ1) is 11.6. The molecule has 2 nitrogen and oxygen atoms in total. The number of anilines is 1. The highest BCUT2D eigenvalue weighted by atomic mass is 16.3. The lowest BCUT2D eigenvalue weighted by Crippen LogP contribution is -2.20. The first-order valence-electron chi connectivity index (χ1n) is 5.13. The molecule has 0 aliphatic carbocycles. The predicted molar refractivity (Wildman–Crippen MR) is 64.0 cm³/mol. The van der Waals surface area contributed by atoms with Crippen LogP contribution in [0, 0.1) is 12.3 Å². The minimum atomic E-state index is 0.224. The van der Waals surface area contributed by atoms with E-state index >= 15 is 0 Å². The lowest BCUT2D eigenvalue weighted by molar-refractivity contribution is 0.290. The SMILES string of the molecule is C#CCc1ccccc1N(C)CCCO. The van der Waals surface area contributed by atoms with E-state index in [1.54, 1.807) is 0 Å². The van der Waals surface area contributed by atoms with Crippen molar-refractivity contribution in [2.24, 2.45) is 0 Å². The quantitative estimate of drug-likeness (QED) is 0.736. The predicted octanol–water partition coefficient (Wildman–Crippen LogP) is 1.68. The summed E-state index contributed by atoms with van der Waals surface area (Å²) in [7, 11) is 2.02. The van der Waals surface area contributed by atoms with Crippen molar-refractivity contribution >= 4 is 5.69 Å². The number of hydrogen-bond donors (Lipinski definition) is 1. The molecular weight excluding hydrogens is 186 g/mol. The fourth-order valence-electron chi connectivity index (χ4n) is 1.57. The molecule has 0 saturated heterocycles. The van der Waals surface area contributed by atoms with Crippen molar-refractivity contribution in [2.75, 3.05) is 25.1 Å². The van der Waals surface area contributed by atoms with E-state index in [0.717, 1.165) is 18.7 Å². The summed E-state index contributed by atoms with van der Waals surface area (Å²) in [4.78, 5) is 2.13. The molecule has 0 radical (unpaired) electrons. The van der Waals surface area contributed by atoms with Crippen LogP contribution < -0.4 is 4.90 Å². The number of aliphatic hydroxyl groups is 1. The summed E-state index contributed by atoms with van der Waals surface area (Å²) in [5.41, 5.74) is 2.32. The van der Waals surface area contributed by atoms with Gasteiger partial charge in [-0.25, -0.2) is 0 Å². The van der Waals surface area contributed by atoms with Gasteiger partial charge >= 0.3 is 0 Å². The van der Waals surface area contributed by atoms with Crippen LogP contribution in [-0.4, -0.2) is 25.3 Å². The van der Waals surface area contributed by atoms with Crippen molar-refractivity contribution in [1.82, 2.24) is 0 Å². The normalized spacial score (nSPS) is 9.67. The Kier molecular flexibility index (Phi) is 4.73. The summed E-state index contributed by atoms with van der Waals surface area (Å²) >= 11 is 0. The molecule has 2 heteroatoms. The molecule has 0 spiro atoms. The molecular formula is C13H17NO. The van der Waals surface area contributed by atoms with Crippen molar-refractivity contribution in [2.45, 2.75) is 12.8 Å². The molecule has 0 unspecified atom stereocenters. The van der Waals surface area contributed by atoms with Gasteiger partial charge in [-0.1, -0.05) is 18.2 Å². The number of terminal acetylenes is 1. The molecule has 0 bridgehead atoms. The van der Waals surface area contributed by atoms with E-state index in [0.29, 0.717) is 6.42 Å². The summed E-state index contributed by atoms with van der Waals surface area (Å²) in [6.07, 6.45) is 6.75. The lowest BCUT2D eigenvalue weighted by Gasteiger charge is -2.21. The van der Waals surface area contributed by atoms with Gasteiger partial charge in [0.2, 0.25) is 0 Å². The Morgan fingerprint density at radius 3 is 2.80 bits per heavy atom. The van der Waals surface area contributed by atoms with E-state index in [4.69, 9.17) is 11.5 Å². The van der Waals surface area contributed by atoms with Crippen molar-refractivity contribution in [1.29, 1.82) is 0 Å². The highest BCUT2D eigenvalue weighted by molar-refractivity contribution is 5.54. The van der Waals surface area contributed by atoms with E-state index in [2.05, 4.69) is 16.9 Å². The van der Waals surface area contributed by atoms with E-state index < -0.39 is 0 Å². The standard InChI is InChI=1S/C13H17NO/c1-3-7-12-8-4-5-9-13(12)14(2)10-6-11-15/h1,4-5,8-9,15H,6-7,10-11H2,2H3. The molecule has 0 aliphatic heterocycles. The first-order chi connectivity index (χ1) is 7.29. The van der Waals surface area contributed by atoms with Crippen LogP contribution in [0.1, 0.15) is 12.0 Å². The maximum Gasteiger partial charge on any atom is 0.0447 e. The van der Waals surface area contributed by atoms with Gasteiger partial charge in [-0.15, -0.1) is 12.3 Å². The molecule has 1 N–H and O–H groups in total. The van der Waals surface area contributed by atoms with E-state index in [-0.39, 0.29) is 6.61 Å². The summed E-state index contributed by atoms with van der Waals surface area (Å²) in [6.45, 7) is 1.07. The summed E-state index contributed by atoms with van der Waals surface area (Å²) in [6, 6.07) is 8.11. The zero-order valence-corrected chi connectivity index (χ0v) is 9.11. The molecule has 80 valence electrons. The lowest BCUT2D eigenvalue weighted by atomic mass is 10.1. The maximum absolute atomic E-state index is 8.78. The van der Waals surface area contributed by atoms with Gasteiger partial charge in [0.05, 0.1) is 0 Å². The zero-order chi connectivity index (χ0) is 11.1. The Bertz CT molecular complexity index is 341.